The summed E-state index contributed by atoms with van der Waals surface area (Å²) >= 11 is 0. The lowest BCUT2D eigenvalue weighted by Gasteiger charge is -2.11. The molecule has 5 aromatic rings. The highest BCUT2D eigenvalue weighted by Gasteiger charge is 2.14. The van der Waals surface area contributed by atoms with E-state index in [2.05, 4.69) is 15.6 Å². The Hall–Kier alpha value is -4.45. The van der Waals surface area contributed by atoms with Gasteiger partial charge in [0.15, 0.2) is 5.82 Å². The Morgan fingerprint density at radius 3 is 2.41 bits per heavy atom. The van der Waals surface area contributed by atoms with Gasteiger partial charge in [-0.25, -0.2) is 9.78 Å². The van der Waals surface area contributed by atoms with Crippen LogP contribution in [0.4, 0.5) is 4.79 Å². The van der Waals surface area contributed by atoms with Crippen molar-refractivity contribution in [2.75, 3.05) is 0 Å². The summed E-state index contributed by atoms with van der Waals surface area (Å²) < 4.78 is 7.09. The van der Waals surface area contributed by atoms with E-state index in [0.29, 0.717) is 12.3 Å². The Bertz CT molecular complexity index is 1390. The van der Waals surface area contributed by atoms with Gasteiger partial charge in [0.25, 0.3) is 0 Å². The Labute approximate surface area is 184 Å². The molecule has 0 spiro atoms. The number of fused-ring (bicyclic) bond motifs is 1. The van der Waals surface area contributed by atoms with Crippen molar-refractivity contribution in [3.63, 3.8) is 0 Å². The van der Waals surface area contributed by atoms with Crippen LogP contribution in [-0.4, -0.2) is 25.8 Å². The molecule has 2 heterocycles. The second kappa shape index (κ2) is 8.35. The first-order valence-corrected chi connectivity index (χ1v) is 10.1. The maximum atomic E-state index is 11.0. The van der Waals surface area contributed by atoms with E-state index in [1.807, 2.05) is 72.8 Å². The molecule has 156 valence electrons. The third-order valence-corrected chi connectivity index (χ3v) is 5.24. The quantitative estimate of drug-likeness (QED) is 0.284. The molecule has 0 atom stereocenters. The number of imidazole rings is 1. The molecular weight excluding hydrogens is 402 g/mol. The molecule has 32 heavy (non-hydrogen) atoms. The van der Waals surface area contributed by atoms with Gasteiger partial charge in [0.2, 0.25) is 0 Å². The van der Waals surface area contributed by atoms with Crippen LogP contribution >= 0.6 is 0 Å². The van der Waals surface area contributed by atoms with Crippen molar-refractivity contribution < 1.29 is 14.6 Å². The predicted octanol–water partition coefficient (Wildman–Crippen LogP) is 5.87. The van der Waals surface area contributed by atoms with Crippen molar-refractivity contribution in [3.8, 4) is 28.4 Å². The molecule has 6 nitrogen and oxygen atoms in total. The third-order valence-electron chi connectivity index (χ3n) is 5.24. The number of para-hydroxylation sites is 3. The first-order valence-electron chi connectivity index (χ1n) is 10.1. The van der Waals surface area contributed by atoms with Gasteiger partial charge in [-0.15, -0.1) is 0 Å². The van der Waals surface area contributed by atoms with Crippen LogP contribution in [0.25, 0.3) is 33.7 Å². The van der Waals surface area contributed by atoms with E-state index < -0.39 is 6.16 Å². The predicted molar refractivity (Wildman–Crippen MR) is 123 cm³/mol. The number of hydrogen-bond acceptors (Lipinski definition) is 4. The number of carboxylic acid groups (broad SMARTS) is 1. The van der Waals surface area contributed by atoms with Gasteiger partial charge in [-0.1, -0.05) is 60.7 Å². The molecule has 2 aromatic heterocycles. The van der Waals surface area contributed by atoms with Crippen LogP contribution in [0.2, 0.25) is 0 Å². The summed E-state index contributed by atoms with van der Waals surface area (Å²) in [4.78, 5) is 20.3. The maximum absolute atomic E-state index is 11.0. The van der Waals surface area contributed by atoms with Crippen molar-refractivity contribution >= 4 is 17.2 Å². The second-order valence-electron chi connectivity index (χ2n) is 7.29. The molecule has 1 N–H and O–H groups in total. The van der Waals surface area contributed by atoms with Crippen molar-refractivity contribution in [2.45, 2.75) is 6.54 Å². The lowest BCUT2D eigenvalue weighted by atomic mass is 10.0. The average molecular weight is 421 g/mol. The van der Waals surface area contributed by atoms with Gasteiger partial charge in [-0.2, -0.15) is 0 Å². The van der Waals surface area contributed by atoms with E-state index in [1.54, 1.807) is 18.3 Å². The minimum absolute atomic E-state index is 0.311. The number of hydrogen-bond donors (Lipinski definition) is 1. The molecule has 3 aromatic carbocycles. The van der Waals surface area contributed by atoms with E-state index in [4.69, 9.17) is 14.8 Å². The molecule has 6 heteroatoms. The molecule has 0 amide bonds. The maximum Gasteiger partial charge on any atom is 0.511 e. The molecule has 0 aliphatic rings. The number of aromatic nitrogens is 3. The van der Waals surface area contributed by atoms with Crippen LogP contribution in [0.1, 0.15) is 5.56 Å². The van der Waals surface area contributed by atoms with Crippen LogP contribution in [-0.2, 0) is 6.54 Å². The first-order chi connectivity index (χ1) is 15.7. The fourth-order valence-electron chi connectivity index (χ4n) is 3.79. The monoisotopic (exact) mass is 421 g/mol. The summed E-state index contributed by atoms with van der Waals surface area (Å²) in [5.74, 6) is 1.13. The topological polar surface area (TPSA) is 77.2 Å². The number of carbonyl (C=O) groups is 1. The van der Waals surface area contributed by atoms with E-state index >= 15 is 0 Å². The van der Waals surface area contributed by atoms with E-state index in [-0.39, 0.29) is 0 Å². The molecule has 0 saturated carbocycles. The van der Waals surface area contributed by atoms with Crippen LogP contribution in [0.5, 0.6) is 5.75 Å². The van der Waals surface area contributed by atoms with Gasteiger partial charge in [0, 0.05) is 18.3 Å². The smallest absolute Gasteiger partial charge is 0.449 e. The molecule has 0 radical (unpaired) electrons. The van der Waals surface area contributed by atoms with Crippen LogP contribution in [0.3, 0.4) is 0 Å². The normalized spacial score (nSPS) is 10.9. The van der Waals surface area contributed by atoms with Crippen LogP contribution < -0.4 is 4.74 Å². The fraction of sp³-hybridized carbons (Fsp3) is 0.0385. The molecule has 0 saturated heterocycles. The van der Waals surface area contributed by atoms with Crippen LogP contribution in [0, 0.1) is 0 Å². The Morgan fingerprint density at radius 2 is 1.62 bits per heavy atom. The zero-order chi connectivity index (χ0) is 21.9. The fourth-order valence-corrected chi connectivity index (χ4v) is 3.79. The largest absolute Gasteiger partial charge is 0.511 e. The summed E-state index contributed by atoms with van der Waals surface area (Å²) in [5.41, 5.74) is 5.47. The number of ether oxygens (including phenoxy) is 1. The van der Waals surface area contributed by atoms with Gasteiger partial charge in [0.05, 0.1) is 11.0 Å². The van der Waals surface area contributed by atoms with Crippen molar-refractivity contribution in [1.82, 2.24) is 14.5 Å². The lowest BCUT2D eigenvalue weighted by Crippen LogP contribution is -2.04. The Kier molecular flexibility index (Phi) is 5.09. The second-order valence-corrected chi connectivity index (χ2v) is 7.29. The molecule has 0 fully saturated rings. The molecule has 0 aliphatic carbocycles. The SMILES string of the molecule is O=C(O)Oc1ccccc1-c1ccc(Cn2c(-c3ccccn3)nc3ccccc32)cc1. The van der Waals surface area contributed by atoms with Crippen molar-refractivity contribution in [3.05, 3.63) is 103 Å². The van der Waals surface area contributed by atoms with Crippen LogP contribution in [0.15, 0.2) is 97.2 Å². The highest BCUT2D eigenvalue weighted by Crippen LogP contribution is 2.31. The number of nitrogens with zero attached hydrogens (tertiary/aromatic N) is 3. The van der Waals surface area contributed by atoms with E-state index in [1.165, 1.54) is 0 Å². The first kappa shape index (κ1) is 19.5. The minimum atomic E-state index is -1.33. The van der Waals surface area contributed by atoms with E-state index in [0.717, 1.165) is 39.2 Å². The molecule has 0 unspecified atom stereocenters. The lowest BCUT2D eigenvalue weighted by molar-refractivity contribution is 0.144. The van der Waals surface area contributed by atoms with Crippen molar-refractivity contribution in [1.29, 1.82) is 0 Å². The summed E-state index contributed by atoms with van der Waals surface area (Å²) in [6.07, 6.45) is 0.438. The summed E-state index contributed by atoms with van der Waals surface area (Å²) in [5, 5.41) is 9.00. The van der Waals surface area contributed by atoms with Crippen molar-refractivity contribution in [2.24, 2.45) is 0 Å². The molecule has 5 rings (SSSR count). The van der Waals surface area contributed by atoms with E-state index in [9.17, 15) is 4.79 Å². The van der Waals surface area contributed by atoms with Gasteiger partial charge in [0.1, 0.15) is 11.4 Å². The number of rotatable bonds is 5. The van der Waals surface area contributed by atoms with Gasteiger partial charge >= 0.3 is 6.16 Å². The average Bonchev–Trinajstić information content (AvgIpc) is 3.19. The molecule has 0 bridgehead atoms. The number of pyridine rings is 1. The highest BCUT2D eigenvalue weighted by atomic mass is 16.7. The Morgan fingerprint density at radius 1 is 0.875 bits per heavy atom. The van der Waals surface area contributed by atoms with Gasteiger partial charge < -0.3 is 14.4 Å². The third kappa shape index (κ3) is 3.81. The Balaban J connectivity index is 1.51. The summed E-state index contributed by atoms with van der Waals surface area (Å²) in [7, 11) is 0. The zero-order valence-corrected chi connectivity index (χ0v) is 17.1. The summed E-state index contributed by atoms with van der Waals surface area (Å²) in [6, 6.07) is 28.9. The minimum Gasteiger partial charge on any atom is -0.449 e. The highest BCUT2D eigenvalue weighted by molar-refractivity contribution is 5.80. The van der Waals surface area contributed by atoms with Gasteiger partial charge in [-0.3, -0.25) is 4.98 Å². The summed E-state index contributed by atoms with van der Waals surface area (Å²) in [6.45, 7) is 0.625. The molecule has 0 aliphatic heterocycles. The standard InChI is InChI=1S/C26H19N3O3/c30-26(31)32-24-11-4-1-7-20(24)19-14-12-18(13-15-19)17-29-23-10-3-2-8-21(23)28-25(29)22-9-5-6-16-27-22/h1-16H,17H2,(H,30,31). The number of benzene rings is 3. The van der Waals surface area contributed by atoms with Gasteiger partial charge in [-0.05, 0) is 41.5 Å². The molecular formula is C26H19N3O3. The zero-order valence-electron chi connectivity index (χ0n) is 17.1.